The number of benzene rings is 2. The van der Waals surface area contributed by atoms with E-state index in [1.165, 1.54) is 60.1 Å². The summed E-state index contributed by atoms with van der Waals surface area (Å²) in [4.78, 5) is 22.8. The van der Waals surface area contributed by atoms with Gasteiger partial charge in [-0.15, -0.1) is 0 Å². The molecule has 2 aromatic carbocycles. The van der Waals surface area contributed by atoms with Crippen LogP contribution in [0.15, 0.2) is 59.5 Å². The molecule has 2 N–H and O–H groups in total. The molecule has 0 atom stereocenters. The fraction of sp³-hybridized carbons (Fsp3) is 0.100. The molecule has 0 aliphatic carbocycles. The molecule has 0 amide bonds. The maximum Gasteiger partial charge on any atom is 0.352 e. The Bertz CT molecular complexity index is 1550. The first-order valence-corrected chi connectivity index (χ1v) is 12.8. The van der Waals surface area contributed by atoms with Crippen molar-refractivity contribution in [2.24, 2.45) is 7.05 Å². The number of anilines is 1. The quantitative estimate of drug-likeness (QED) is 0.366. The van der Waals surface area contributed by atoms with Crippen LogP contribution in [0.25, 0.3) is 11.3 Å². The van der Waals surface area contributed by atoms with Crippen LogP contribution in [0.4, 0.5) is 5.69 Å². The molecule has 0 fully saturated rings. The number of nitrogens with one attached hydrogen (secondary N) is 1. The van der Waals surface area contributed by atoms with Crippen molar-refractivity contribution < 1.29 is 36.3 Å². The summed E-state index contributed by atoms with van der Waals surface area (Å²) in [6.45, 7) is -0.764. The summed E-state index contributed by atoms with van der Waals surface area (Å²) < 4.78 is 60.5. The molecule has 1 aromatic heterocycles. The number of hydrogen-bond donors (Lipinski definition) is 2. The molecule has 11 nitrogen and oxygen atoms in total. The van der Waals surface area contributed by atoms with E-state index in [4.69, 9.17) is 16.3 Å². The van der Waals surface area contributed by atoms with E-state index in [2.05, 4.69) is 0 Å². The van der Waals surface area contributed by atoms with Crippen molar-refractivity contribution in [2.45, 2.75) is 4.90 Å². The van der Waals surface area contributed by atoms with Gasteiger partial charge in [-0.2, -0.15) is 8.42 Å². The number of carboxylic acids is 1. The van der Waals surface area contributed by atoms with Crippen molar-refractivity contribution in [3.63, 3.8) is 0 Å². The van der Waals surface area contributed by atoms with Crippen molar-refractivity contribution >= 4 is 49.5 Å². The molecule has 0 bridgehead atoms. The first-order valence-electron chi connectivity index (χ1n) is 9.45. The van der Waals surface area contributed by atoms with Gasteiger partial charge in [-0.05, 0) is 42.0 Å². The van der Waals surface area contributed by atoms with E-state index in [1.807, 2.05) is 0 Å². The Labute approximate surface area is 199 Å². The fourth-order valence-corrected chi connectivity index (χ4v) is 6.71. The van der Waals surface area contributed by atoms with Gasteiger partial charge in [0.15, 0.2) is 5.75 Å². The van der Waals surface area contributed by atoms with Gasteiger partial charge >= 0.3 is 22.1 Å². The highest BCUT2D eigenvalue weighted by Gasteiger charge is 2.37. The van der Waals surface area contributed by atoms with Gasteiger partial charge in [0.1, 0.15) is 12.2 Å². The zero-order valence-electron chi connectivity index (χ0n) is 17.3. The first kappa shape index (κ1) is 23.8. The minimum atomic E-state index is -4.79. The number of para-hydroxylation sites is 1. The predicted molar refractivity (Wildman–Crippen MR) is 121 cm³/mol. The topological polar surface area (TPSA) is 152 Å². The van der Waals surface area contributed by atoms with Gasteiger partial charge in [0.25, 0.3) is 10.0 Å². The third-order valence-corrected chi connectivity index (χ3v) is 8.79. The number of carbonyl (C=O) groups is 2. The molecule has 0 radical (unpaired) electrons. The van der Waals surface area contributed by atoms with E-state index in [0.29, 0.717) is 15.6 Å². The molecule has 3 aromatic rings. The summed E-state index contributed by atoms with van der Waals surface area (Å²) in [7, 11) is -7.93. The number of carbonyl (C=O) groups excluding carboxylic acids is 1. The maximum absolute atomic E-state index is 13.0. The van der Waals surface area contributed by atoms with Crippen LogP contribution in [0.2, 0.25) is 5.02 Å². The van der Waals surface area contributed by atoms with Crippen LogP contribution in [0.1, 0.15) is 10.5 Å². The summed E-state index contributed by atoms with van der Waals surface area (Å²) in [5.41, 5.74) is 0.625. The number of carboxylic acid groups (broad SMARTS) is 1. The zero-order chi connectivity index (χ0) is 24.8. The molecule has 1 aliphatic rings. The van der Waals surface area contributed by atoms with Crippen LogP contribution in [0.3, 0.4) is 0 Å². The Morgan fingerprint density at radius 3 is 2.47 bits per heavy atom. The summed E-state index contributed by atoms with van der Waals surface area (Å²) in [5, 5.41) is 9.20. The maximum atomic E-state index is 13.0. The molecule has 14 heteroatoms. The van der Waals surface area contributed by atoms with E-state index in [1.54, 1.807) is 10.2 Å². The number of aromatic carboxylic acids is 1. The molecule has 0 unspecified atom stereocenters. The van der Waals surface area contributed by atoms with Gasteiger partial charge in [-0.3, -0.25) is 0 Å². The van der Waals surface area contributed by atoms with Crippen molar-refractivity contribution in [2.75, 3.05) is 10.8 Å². The summed E-state index contributed by atoms with van der Waals surface area (Å²) >= 11 is 5.99. The summed E-state index contributed by atoms with van der Waals surface area (Å²) in [5.74, 6) is -2.31. The van der Waals surface area contributed by atoms with Crippen molar-refractivity contribution in [1.29, 1.82) is 0 Å². The largest absolute Gasteiger partial charge is 0.477 e. The summed E-state index contributed by atoms with van der Waals surface area (Å²) in [6, 6.07) is 12.3. The van der Waals surface area contributed by atoms with Crippen LogP contribution in [0, 0.1) is 0 Å². The lowest BCUT2D eigenvalue weighted by atomic mass is 10.1. The van der Waals surface area contributed by atoms with E-state index in [0.717, 1.165) is 0 Å². The first-order chi connectivity index (χ1) is 15.9. The van der Waals surface area contributed by atoms with Gasteiger partial charge in [0.05, 0.1) is 15.6 Å². The number of rotatable bonds is 6. The smallest absolute Gasteiger partial charge is 0.352 e. The zero-order valence-corrected chi connectivity index (χ0v) is 19.7. The minimum absolute atomic E-state index is 0.0155. The number of halogens is 1. The highest BCUT2D eigenvalue weighted by Crippen LogP contribution is 2.39. The number of fused-ring (bicyclic) bond motifs is 1. The molecule has 34 heavy (non-hydrogen) atoms. The molecule has 4 rings (SSSR count). The monoisotopic (exact) mass is 525 g/mol. The molecular weight excluding hydrogens is 510 g/mol. The molecule has 0 spiro atoms. The van der Waals surface area contributed by atoms with Crippen LogP contribution >= 0.6 is 11.6 Å². The predicted octanol–water partition coefficient (Wildman–Crippen LogP) is 1.99. The second kappa shape index (κ2) is 8.43. The number of nitrogens with zero attached hydrogens (tertiary/aromatic N) is 2. The normalized spacial score (nSPS) is 13.9. The fourth-order valence-electron chi connectivity index (χ4n) is 3.43. The summed E-state index contributed by atoms with van der Waals surface area (Å²) in [6.07, 6.45) is 0. The molecule has 0 saturated heterocycles. The molecule has 0 saturated carbocycles. The number of esters is 1. The minimum Gasteiger partial charge on any atom is -0.477 e. The lowest BCUT2D eigenvalue weighted by molar-refractivity contribution is -0.133. The highest BCUT2D eigenvalue weighted by atomic mass is 35.5. The standard InChI is InChI=1S/C20H16ClN3O8S2/c1-23-15(8-9-17(23)20(26)27)12-4-2-5-13(10-12)33(28,29)22-34(30,31)24-11-18(25)32-19-14(21)6-3-7-16(19)24/h2-10,22H,11H2,1H3,(H,26,27). The number of ether oxygens (including phenoxy) is 1. The Morgan fingerprint density at radius 1 is 1.09 bits per heavy atom. The van der Waals surface area contributed by atoms with Crippen LogP contribution < -0.4 is 13.2 Å². The Kier molecular flexibility index (Phi) is 5.89. The van der Waals surface area contributed by atoms with Gasteiger partial charge in [-0.25, -0.2) is 22.3 Å². The van der Waals surface area contributed by atoms with Crippen LogP contribution in [-0.2, 0) is 32.1 Å². The van der Waals surface area contributed by atoms with Gasteiger partial charge in [-0.1, -0.05) is 33.9 Å². The van der Waals surface area contributed by atoms with Crippen molar-refractivity contribution in [1.82, 2.24) is 8.69 Å². The molecule has 1 aliphatic heterocycles. The Hall–Kier alpha value is -3.39. The van der Waals surface area contributed by atoms with E-state index < -0.39 is 43.6 Å². The third kappa shape index (κ3) is 4.25. The number of hydrogen-bond acceptors (Lipinski definition) is 7. The van der Waals surface area contributed by atoms with Gasteiger partial charge in [0.2, 0.25) is 0 Å². The second-order valence-electron chi connectivity index (χ2n) is 7.16. The highest BCUT2D eigenvalue weighted by molar-refractivity contribution is 8.05. The average Bonchev–Trinajstić information content (AvgIpc) is 3.15. The van der Waals surface area contributed by atoms with Gasteiger partial charge in [0, 0.05) is 12.7 Å². The lowest BCUT2D eigenvalue weighted by Crippen LogP contribution is -2.48. The SMILES string of the molecule is Cn1c(C(=O)O)ccc1-c1cccc(S(=O)(=O)NS(=O)(=O)N2CC(=O)Oc3c(Cl)cccc32)c1. The van der Waals surface area contributed by atoms with Crippen molar-refractivity contribution in [3.8, 4) is 17.0 Å². The molecule has 2 heterocycles. The van der Waals surface area contributed by atoms with E-state index in [-0.39, 0.29) is 22.2 Å². The number of sulfonamides is 1. The molecular formula is C20H16ClN3O8S2. The number of aromatic nitrogens is 1. The second-order valence-corrected chi connectivity index (χ2v) is 11.1. The van der Waals surface area contributed by atoms with Crippen molar-refractivity contribution in [3.05, 3.63) is 65.3 Å². The third-order valence-electron chi connectivity index (χ3n) is 4.99. The average molecular weight is 526 g/mol. The van der Waals surface area contributed by atoms with E-state index in [9.17, 15) is 31.5 Å². The van der Waals surface area contributed by atoms with Crippen LogP contribution in [-0.4, -0.2) is 45.0 Å². The van der Waals surface area contributed by atoms with Crippen LogP contribution in [0.5, 0.6) is 5.75 Å². The Balaban J connectivity index is 1.70. The van der Waals surface area contributed by atoms with E-state index >= 15 is 0 Å². The van der Waals surface area contributed by atoms with Gasteiger partial charge < -0.3 is 14.4 Å². The molecule has 178 valence electrons. The Morgan fingerprint density at radius 2 is 1.79 bits per heavy atom. The lowest BCUT2D eigenvalue weighted by Gasteiger charge is -2.29.